The molecule has 0 bridgehead atoms. The van der Waals surface area contributed by atoms with Gasteiger partial charge >= 0.3 is 5.97 Å². The Balaban J connectivity index is 2.22. The molecule has 0 radical (unpaired) electrons. The zero-order chi connectivity index (χ0) is 14.8. The molecule has 0 amide bonds. The van der Waals surface area contributed by atoms with Crippen molar-refractivity contribution in [2.24, 2.45) is 0 Å². The van der Waals surface area contributed by atoms with Crippen molar-refractivity contribution in [1.82, 2.24) is 9.78 Å². The maximum Gasteiger partial charge on any atom is 0.359 e. The van der Waals surface area contributed by atoms with Crippen molar-refractivity contribution in [3.63, 3.8) is 0 Å². The van der Waals surface area contributed by atoms with Crippen LogP contribution < -0.4 is 0 Å². The minimum absolute atomic E-state index is 0.338. The molecule has 106 valence electrons. The summed E-state index contributed by atoms with van der Waals surface area (Å²) in [6.45, 7) is 4.16. The Morgan fingerprint density at radius 1 is 1.19 bits per heavy atom. The van der Waals surface area contributed by atoms with Crippen LogP contribution in [0.4, 0.5) is 0 Å². The van der Waals surface area contributed by atoms with Gasteiger partial charge in [-0.25, -0.2) is 9.48 Å². The number of para-hydroxylation sites is 1. The summed E-state index contributed by atoms with van der Waals surface area (Å²) < 4.78 is 6.88. The highest BCUT2D eigenvalue weighted by atomic mass is 16.5. The maximum absolute atomic E-state index is 12.1. The van der Waals surface area contributed by atoms with Crippen molar-refractivity contribution in [2.75, 3.05) is 6.61 Å². The van der Waals surface area contributed by atoms with Crippen LogP contribution in [0.2, 0.25) is 0 Å². The Morgan fingerprint density at radius 2 is 2.00 bits per heavy atom. The molecule has 2 aromatic carbocycles. The topological polar surface area (TPSA) is 44.1 Å². The monoisotopic (exact) mass is 280 g/mol. The lowest BCUT2D eigenvalue weighted by atomic mass is 10.2. The molecule has 4 nitrogen and oxygen atoms in total. The van der Waals surface area contributed by atoms with E-state index in [2.05, 4.69) is 5.10 Å². The van der Waals surface area contributed by atoms with Crippen LogP contribution in [-0.2, 0) is 4.74 Å². The second-order valence-corrected chi connectivity index (χ2v) is 4.84. The van der Waals surface area contributed by atoms with Crippen LogP contribution in [0.3, 0.4) is 0 Å². The first-order chi connectivity index (χ1) is 10.2. The summed E-state index contributed by atoms with van der Waals surface area (Å²) in [5.41, 5.74) is 3.33. The Hall–Kier alpha value is -2.62. The Kier molecular flexibility index (Phi) is 3.44. The number of aryl methyl sites for hydroxylation is 1. The van der Waals surface area contributed by atoms with Crippen LogP contribution in [0.15, 0.2) is 48.5 Å². The molecule has 0 aliphatic heterocycles. The normalized spacial score (nSPS) is 10.8. The molecule has 3 aromatic rings. The molecule has 0 fully saturated rings. The third-order valence-corrected chi connectivity index (χ3v) is 3.30. The fraction of sp³-hybridized carbons (Fsp3) is 0.176. The molecule has 0 aliphatic rings. The van der Waals surface area contributed by atoms with Crippen LogP contribution in [0.25, 0.3) is 16.6 Å². The molecule has 0 atom stereocenters. The molecular formula is C17H16N2O2. The smallest absolute Gasteiger partial charge is 0.359 e. The average molecular weight is 280 g/mol. The zero-order valence-electron chi connectivity index (χ0n) is 12.0. The second kappa shape index (κ2) is 5.40. The first-order valence-corrected chi connectivity index (χ1v) is 6.92. The molecule has 0 unspecified atom stereocenters. The van der Waals surface area contributed by atoms with Crippen molar-refractivity contribution >= 4 is 16.9 Å². The van der Waals surface area contributed by atoms with E-state index in [1.807, 2.05) is 55.5 Å². The lowest BCUT2D eigenvalue weighted by Crippen LogP contribution is -2.07. The number of ether oxygens (including phenoxy) is 1. The molecular weight excluding hydrogens is 264 g/mol. The van der Waals surface area contributed by atoms with Gasteiger partial charge in [0.2, 0.25) is 0 Å². The van der Waals surface area contributed by atoms with E-state index in [1.54, 1.807) is 11.6 Å². The largest absolute Gasteiger partial charge is 0.461 e. The van der Waals surface area contributed by atoms with E-state index in [0.29, 0.717) is 12.3 Å². The summed E-state index contributed by atoms with van der Waals surface area (Å²) in [7, 11) is 0. The van der Waals surface area contributed by atoms with Crippen LogP contribution in [0.5, 0.6) is 0 Å². The number of esters is 1. The lowest BCUT2D eigenvalue weighted by Gasteiger charge is -2.04. The lowest BCUT2D eigenvalue weighted by molar-refractivity contribution is 0.0521. The molecule has 0 saturated carbocycles. The molecule has 0 saturated heterocycles. The Bertz CT molecular complexity index is 805. The van der Waals surface area contributed by atoms with E-state index in [-0.39, 0.29) is 5.97 Å². The number of carbonyl (C=O) groups is 1. The summed E-state index contributed by atoms with van der Waals surface area (Å²) in [5, 5.41) is 5.26. The third-order valence-electron chi connectivity index (χ3n) is 3.30. The molecule has 0 N–H and O–H groups in total. The number of carbonyl (C=O) groups excluding carboxylic acids is 1. The quantitative estimate of drug-likeness (QED) is 0.690. The molecule has 1 aromatic heterocycles. The van der Waals surface area contributed by atoms with E-state index in [4.69, 9.17) is 4.74 Å². The van der Waals surface area contributed by atoms with Gasteiger partial charge in [-0.15, -0.1) is 0 Å². The first-order valence-electron chi connectivity index (χ1n) is 6.92. The Morgan fingerprint density at radius 3 is 2.76 bits per heavy atom. The second-order valence-electron chi connectivity index (χ2n) is 4.84. The standard InChI is InChI=1S/C17H16N2O2/c1-3-21-17(20)16-14-9-4-5-10-15(14)19(18-16)13-8-6-7-12(2)11-13/h4-11H,3H2,1-2H3. The van der Waals surface area contributed by atoms with Crippen LogP contribution in [-0.4, -0.2) is 22.4 Å². The van der Waals surface area contributed by atoms with Gasteiger partial charge in [0.1, 0.15) is 0 Å². The summed E-state index contributed by atoms with van der Waals surface area (Å²) in [6, 6.07) is 15.7. The number of hydrogen-bond acceptors (Lipinski definition) is 3. The van der Waals surface area contributed by atoms with Gasteiger partial charge in [0.05, 0.1) is 17.8 Å². The third kappa shape index (κ3) is 2.40. The van der Waals surface area contributed by atoms with Gasteiger partial charge in [0.25, 0.3) is 0 Å². The number of fused-ring (bicyclic) bond motifs is 1. The van der Waals surface area contributed by atoms with Gasteiger partial charge in [0, 0.05) is 5.39 Å². The molecule has 21 heavy (non-hydrogen) atoms. The van der Waals surface area contributed by atoms with Crippen LogP contribution in [0, 0.1) is 6.92 Å². The van der Waals surface area contributed by atoms with Crippen molar-refractivity contribution in [3.05, 3.63) is 59.8 Å². The number of hydrogen-bond donors (Lipinski definition) is 0. The number of benzene rings is 2. The molecule has 3 rings (SSSR count). The van der Waals surface area contributed by atoms with Crippen molar-refractivity contribution in [2.45, 2.75) is 13.8 Å². The summed E-state index contributed by atoms with van der Waals surface area (Å²) in [4.78, 5) is 12.1. The summed E-state index contributed by atoms with van der Waals surface area (Å²) in [5.74, 6) is -0.389. The highest BCUT2D eigenvalue weighted by Crippen LogP contribution is 2.23. The highest BCUT2D eigenvalue weighted by molar-refractivity contribution is 6.02. The number of nitrogens with zero attached hydrogens (tertiary/aromatic N) is 2. The average Bonchev–Trinajstić information content (AvgIpc) is 2.87. The summed E-state index contributed by atoms with van der Waals surface area (Å²) >= 11 is 0. The Labute approximate surface area is 123 Å². The van der Waals surface area contributed by atoms with Gasteiger partial charge in [-0.3, -0.25) is 0 Å². The fourth-order valence-corrected chi connectivity index (χ4v) is 2.37. The van der Waals surface area contributed by atoms with Crippen molar-refractivity contribution in [3.8, 4) is 5.69 Å². The van der Waals surface area contributed by atoms with Gasteiger partial charge in [-0.1, -0.05) is 30.3 Å². The minimum Gasteiger partial charge on any atom is -0.461 e. The van der Waals surface area contributed by atoms with Gasteiger partial charge in [-0.05, 0) is 37.6 Å². The van der Waals surface area contributed by atoms with Gasteiger partial charge in [-0.2, -0.15) is 5.10 Å². The number of rotatable bonds is 3. The highest BCUT2D eigenvalue weighted by Gasteiger charge is 2.18. The van der Waals surface area contributed by atoms with Crippen LogP contribution >= 0.6 is 0 Å². The summed E-state index contributed by atoms with van der Waals surface area (Å²) in [6.07, 6.45) is 0. The van der Waals surface area contributed by atoms with Crippen molar-refractivity contribution in [1.29, 1.82) is 0 Å². The molecule has 1 heterocycles. The minimum atomic E-state index is -0.389. The van der Waals surface area contributed by atoms with E-state index < -0.39 is 0 Å². The predicted octanol–water partition coefficient (Wildman–Crippen LogP) is 3.51. The molecule has 0 aliphatic carbocycles. The SMILES string of the molecule is CCOC(=O)c1nn(-c2cccc(C)c2)c2ccccc12. The van der Waals surface area contributed by atoms with Crippen LogP contribution in [0.1, 0.15) is 23.0 Å². The molecule has 0 spiro atoms. The predicted molar refractivity (Wildman–Crippen MR) is 81.8 cm³/mol. The van der Waals surface area contributed by atoms with Gasteiger partial charge in [0.15, 0.2) is 5.69 Å². The maximum atomic E-state index is 12.1. The first kappa shape index (κ1) is 13.4. The van der Waals surface area contributed by atoms with E-state index >= 15 is 0 Å². The fourth-order valence-electron chi connectivity index (χ4n) is 2.37. The number of aromatic nitrogens is 2. The molecule has 4 heteroatoms. The van der Waals surface area contributed by atoms with Crippen molar-refractivity contribution < 1.29 is 9.53 Å². The zero-order valence-corrected chi connectivity index (χ0v) is 12.0. The van der Waals surface area contributed by atoms with E-state index in [9.17, 15) is 4.79 Å². The van der Waals surface area contributed by atoms with E-state index in [0.717, 1.165) is 22.2 Å². The van der Waals surface area contributed by atoms with E-state index in [1.165, 1.54) is 0 Å². The van der Waals surface area contributed by atoms with Gasteiger partial charge < -0.3 is 4.74 Å².